The van der Waals surface area contributed by atoms with Gasteiger partial charge < -0.3 is 20.7 Å². The van der Waals surface area contributed by atoms with Crippen molar-refractivity contribution in [2.45, 2.75) is 20.3 Å². The molecule has 0 radical (unpaired) electrons. The number of aliphatic carboxylic acids is 3. The average Bonchev–Trinajstić information content (AvgIpc) is 2.04. The Kier molecular flexibility index (Phi) is 17.5. The van der Waals surface area contributed by atoms with Crippen LogP contribution in [0.25, 0.3) is 0 Å². The van der Waals surface area contributed by atoms with Crippen molar-refractivity contribution in [3.05, 3.63) is 0 Å². The molecule has 4 N–H and O–H groups in total. The van der Waals surface area contributed by atoms with E-state index in [1.165, 1.54) is 0 Å². The average molecular weight is 207 g/mol. The molecule has 0 aliphatic rings. The molecule has 0 spiro atoms. The number of hydrogen-bond donors (Lipinski definition) is 4. The first kappa shape index (κ1) is 18.0. The molecule has 0 fully saturated rings. The molecule has 0 unspecified atom stereocenters. The Balaban J connectivity index is -0.000000131. The van der Waals surface area contributed by atoms with Gasteiger partial charge in [-0.3, -0.25) is 9.59 Å². The molecule has 0 aromatic rings. The summed E-state index contributed by atoms with van der Waals surface area (Å²) in [7, 11) is 0. The van der Waals surface area contributed by atoms with Crippen LogP contribution in [0.4, 0.5) is 0 Å². The number of carboxylic acid groups (broad SMARTS) is 3. The van der Waals surface area contributed by atoms with Gasteiger partial charge in [0.15, 0.2) is 0 Å². The molecule has 0 rings (SSSR count). The molecule has 14 heavy (non-hydrogen) atoms. The van der Waals surface area contributed by atoms with Crippen molar-refractivity contribution in [1.82, 2.24) is 0 Å². The molecule has 7 nitrogen and oxygen atoms in total. The van der Waals surface area contributed by atoms with Crippen LogP contribution in [-0.4, -0.2) is 39.4 Å². The van der Waals surface area contributed by atoms with Gasteiger partial charge in [0.2, 0.25) is 0 Å². The van der Waals surface area contributed by atoms with Crippen molar-refractivity contribution in [3.8, 4) is 0 Å². The Bertz CT molecular complexity index is 196. The second-order valence-corrected chi connectivity index (χ2v) is 1.75. The Morgan fingerprint density at radius 1 is 1.21 bits per heavy atom. The second kappa shape index (κ2) is 13.7. The highest BCUT2D eigenvalue weighted by Crippen LogP contribution is 1.67. The van der Waals surface area contributed by atoms with Gasteiger partial charge in [-0.05, 0) is 0 Å². The molecule has 0 bridgehead atoms. The lowest BCUT2D eigenvalue weighted by Crippen LogP contribution is -1.91. The van der Waals surface area contributed by atoms with Crippen LogP contribution >= 0.6 is 0 Å². The van der Waals surface area contributed by atoms with Crippen molar-refractivity contribution in [2.75, 3.05) is 0 Å². The summed E-state index contributed by atoms with van der Waals surface area (Å²) in [5, 5.41) is 28.6. The molecule has 0 atom stereocenters. The molecule has 0 aliphatic carbocycles. The number of rotatable bonds is 2. The summed E-state index contributed by atoms with van der Waals surface area (Å²) in [6, 6.07) is 0. The highest BCUT2D eigenvalue weighted by Gasteiger charge is 1.80. The normalized spacial score (nSPS) is 6.71. The molecular formula is C7H13NO6. The zero-order chi connectivity index (χ0) is 12.1. The first-order chi connectivity index (χ1) is 6.27. The van der Waals surface area contributed by atoms with Crippen LogP contribution in [0.1, 0.15) is 20.3 Å². The minimum absolute atomic E-state index is 0.222. The summed E-state index contributed by atoms with van der Waals surface area (Å²) in [5.41, 5.74) is 0. The van der Waals surface area contributed by atoms with Gasteiger partial charge in [0, 0.05) is 13.3 Å². The fourth-order valence-electron chi connectivity index (χ4n) is 0. The maximum absolute atomic E-state index is 9.37. The minimum Gasteiger partial charge on any atom is -0.481 e. The summed E-state index contributed by atoms with van der Waals surface area (Å²) in [5.74, 6) is -2.78. The second-order valence-electron chi connectivity index (χ2n) is 1.75. The van der Waals surface area contributed by atoms with Crippen molar-refractivity contribution >= 4 is 24.1 Å². The van der Waals surface area contributed by atoms with Crippen molar-refractivity contribution in [2.24, 2.45) is 0 Å². The molecule has 82 valence electrons. The lowest BCUT2D eigenvalue weighted by molar-refractivity contribution is -0.137. The smallest absolute Gasteiger partial charge is 0.346 e. The lowest BCUT2D eigenvalue weighted by Gasteiger charge is -1.71. The molecule has 0 aliphatic heterocycles. The maximum atomic E-state index is 9.37. The SMILES string of the molecule is CC(=O)O.CCC(=O)O.N=CC(=O)O. The third-order valence-corrected chi connectivity index (χ3v) is 0.426. The van der Waals surface area contributed by atoms with E-state index in [1.54, 1.807) is 6.92 Å². The fraction of sp³-hybridized carbons (Fsp3) is 0.429. The Labute approximate surface area is 80.5 Å². The van der Waals surface area contributed by atoms with Crippen LogP contribution in [0.2, 0.25) is 0 Å². The van der Waals surface area contributed by atoms with E-state index in [1.807, 2.05) is 0 Å². The molecule has 0 amide bonds. The standard InChI is InChI=1S/C3H6O2.C2H3NO2.C2H4O2/c1-2-3(4)5;3-1-2(4)5;1-2(3)4/h2H2,1H3,(H,4,5);1,3H,(H,4,5);1H3,(H,3,4). The maximum Gasteiger partial charge on any atom is 0.346 e. The van der Waals surface area contributed by atoms with Gasteiger partial charge in [0.1, 0.15) is 6.21 Å². The molecule has 0 saturated heterocycles. The highest BCUT2D eigenvalue weighted by atomic mass is 16.4. The van der Waals surface area contributed by atoms with Gasteiger partial charge >= 0.3 is 11.9 Å². The first-order valence-corrected chi connectivity index (χ1v) is 3.42. The molecular weight excluding hydrogens is 194 g/mol. The Hall–Kier alpha value is -1.92. The van der Waals surface area contributed by atoms with Crippen molar-refractivity contribution in [1.29, 1.82) is 5.41 Å². The summed E-state index contributed by atoms with van der Waals surface area (Å²) in [4.78, 5) is 27.5. The van der Waals surface area contributed by atoms with Crippen LogP contribution < -0.4 is 0 Å². The lowest BCUT2D eigenvalue weighted by atomic mass is 10.5. The number of carbonyl (C=O) groups is 3. The third-order valence-electron chi connectivity index (χ3n) is 0.426. The summed E-state index contributed by atoms with van der Waals surface area (Å²) in [6.45, 7) is 2.68. The van der Waals surface area contributed by atoms with Crippen molar-refractivity contribution in [3.63, 3.8) is 0 Å². The predicted octanol–water partition coefficient (Wildman–Crippen LogP) is 0.292. The molecule has 0 aromatic heterocycles. The Morgan fingerprint density at radius 2 is 1.36 bits per heavy atom. The van der Waals surface area contributed by atoms with Gasteiger partial charge in [-0.25, -0.2) is 4.79 Å². The van der Waals surface area contributed by atoms with E-state index in [4.69, 9.17) is 30.3 Å². The zero-order valence-corrected chi connectivity index (χ0v) is 7.85. The number of nitrogens with one attached hydrogen (secondary N) is 1. The van der Waals surface area contributed by atoms with E-state index < -0.39 is 17.9 Å². The zero-order valence-electron chi connectivity index (χ0n) is 7.85. The van der Waals surface area contributed by atoms with E-state index in [0.29, 0.717) is 6.21 Å². The van der Waals surface area contributed by atoms with E-state index in [0.717, 1.165) is 6.92 Å². The number of hydrogen-bond acceptors (Lipinski definition) is 4. The van der Waals surface area contributed by atoms with Gasteiger partial charge in [-0.1, -0.05) is 6.92 Å². The van der Waals surface area contributed by atoms with Crippen LogP contribution in [0.5, 0.6) is 0 Å². The summed E-state index contributed by atoms with van der Waals surface area (Å²) < 4.78 is 0. The first-order valence-electron chi connectivity index (χ1n) is 3.42. The predicted molar refractivity (Wildman–Crippen MR) is 47.7 cm³/mol. The third kappa shape index (κ3) is 192. The van der Waals surface area contributed by atoms with Gasteiger partial charge in [0.05, 0.1) is 0 Å². The molecule has 0 heterocycles. The van der Waals surface area contributed by atoms with Crippen LogP contribution in [0, 0.1) is 5.41 Å². The van der Waals surface area contributed by atoms with Gasteiger partial charge in [0.25, 0.3) is 5.97 Å². The quantitative estimate of drug-likeness (QED) is 0.480. The summed E-state index contributed by atoms with van der Waals surface area (Å²) >= 11 is 0. The van der Waals surface area contributed by atoms with Crippen molar-refractivity contribution < 1.29 is 29.7 Å². The van der Waals surface area contributed by atoms with Gasteiger partial charge in [-0.2, -0.15) is 0 Å². The molecule has 0 aromatic carbocycles. The topological polar surface area (TPSA) is 136 Å². The van der Waals surface area contributed by atoms with Crippen LogP contribution in [0.3, 0.4) is 0 Å². The van der Waals surface area contributed by atoms with E-state index in [-0.39, 0.29) is 6.42 Å². The minimum atomic E-state index is -1.20. The largest absolute Gasteiger partial charge is 0.481 e. The van der Waals surface area contributed by atoms with E-state index >= 15 is 0 Å². The van der Waals surface area contributed by atoms with Crippen LogP contribution in [-0.2, 0) is 14.4 Å². The number of carboxylic acids is 3. The van der Waals surface area contributed by atoms with E-state index in [2.05, 4.69) is 0 Å². The molecule has 0 saturated carbocycles. The Morgan fingerprint density at radius 3 is 1.36 bits per heavy atom. The summed E-state index contributed by atoms with van der Waals surface area (Å²) in [6.07, 6.45) is 0.556. The monoisotopic (exact) mass is 207 g/mol. The van der Waals surface area contributed by atoms with Gasteiger partial charge in [-0.15, -0.1) is 0 Å². The van der Waals surface area contributed by atoms with E-state index in [9.17, 15) is 4.79 Å². The fourth-order valence-corrected chi connectivity index (χ4v) is 0. The molecule has 7 heteroatoms. The van der Waals surface area contributed by atoms with Crippen LogP contribution in [0.15, 0.2) is 0 Å². The highest BCUT2D eigenvalue weighted by molar-refractivity contribution is 6.20.